The largest absolute Gasteiger partial charge is 0.508 e. The molecule has 0 saturated heterocycles. The van der Waals surface area contributed by atoms with E-state index in [1.807, 2.05) is 0 Å². The van der Waals surface area contributed by atoms with Crippen LogP contribution in [0, 0.1) is 11.8 Å². The lowest BCUT2D eigenvalue weighted by atomic mass is 10.1. The van der Waals surface area contributed by atoms with Gasteiger partial charge in [-0.2, -0.15) is 0 Å². The number of hydrogen-bond acceptors (Lipinski definition) is 2. The highest BCUT2D eigenvalue weighted by Gasteiger charge is 1.98. The van der Waals surface area contributed by atoms with Gasteiger partial charge in [0.25, 0.3) is 0 Å². The molecule has 0 aliphatic carbocycles. The molecule has 0 amide bonds. The first-order valence-electron chi connectivity index (χ1n) is 3.75. The Labute approximate surface area is 81.8 Å². The van der Waals surface area contributed by atoms with E-state index >= 15 is 0 Å². The zero-order valence-electron chi connectivity index (χ0n) is 6.92. The van der Waals surface area contributed by atoms with Crippen LogP contribution in [0.1, 0.15) is 11.1 Å². The standard InChI is InChI=1S/C10H9ClO2/c11-5-1-2-8-3-4-10(13)9(6-8)7-12/h3-4,6,12-13H,5,7H2. The normalized spacial score (nSPS) is 9.08. The Hall–Kier alpha value is -1.17. The van der Waals surface area contributed by atoms with Crippen LogP contribution in [0.3, 0.4) is 0 Å². The zero-order chi connectivity index (χ0) is 9.68. The Kier molecular flexibility index (Phi) is 3.63. The average molecular weight is 197 g/mol. The molecule has 1 aromatic rings. The van der Waals surface area contributed by atoms with E-state index < -0.39 is 0 Å². The van der Waals surface area contributed by atoms with Crippen LogP contribution < -0.4 is 0 Å². The van der Waals surface area contributed by atoms with Crippen molar-refractivity contribution in [2.24, 2.45) is 0 Å². The van der Waals surface area contributed by atoms with Gasteiger partial charge >= 0.3 is 0 Å². The van der Waals surface area contributed by atoms with Crippen LogP contribution in [0.4, 0.5) is 0 Å². The van der Waals surface area contributed by atoms with Gasteiger partial charge in [0.2, 0.25) is 0 Å². The number of aliphatic hydroxyl groups excluding tert-OH is 1. The fraction of sp³-hybridized carbons (Fsp3) is 0.200. The maximum Gasteiger partial charge on any atom is 0.121 e. The quantitative estimate of drug-likeness (QED) is 0.528. The third-order valence-corrected chi connectivity index (χ3v) is 1.68. The van der Waals surface area contributed by atoms with Gasteiger partial charge in [0.1, 0.15) is 5.75 Å². The lowest BCUT2D eigenvalue weighted by Gasteiger charge is -2.00. The summed E-state index contributed by atoms with van der Waals surface area (Å²) in [5, 5.41) is 18.1. The molecule has 1 rings (SSSR count). The van der Waals surface area contributed by atoms with Gasteiger partial charge in [-0.15, -0.1) is 11.6 Å². The number of benzene rings is 1. The maximum absolute atomic E-state index is 9.23. The fourth-order valence-corrected chi connectivity index (χ4v) is 0.992. The first-order valence-corrected chi connectivity index (χ1v) is 4.29. The molecule has 68 valence electrons. The minimum absolute atomic E-state index is 0.0823. The Bertz CT molecular complexity index is 350. The van der Waals surface area contributed by atoms with Gasteiger partial charge in [0, 0.05) is 11.1 Å². The van der Waals surface area contributed by atoms with Crippen molar-refractivity contribution < 1.29 is 10.2 Å². The van der Waals surface area contributed by atoms with Crippen LogP contribution in [-0.4, -0.2) is 16.1 Å². The van der Waals surface area contributed by atoms with Crippen molar-refractivity contribution in [1.82, 2.24) is 0 Å². The monoisotopic (exact) mass is 196 g/mol. The molecular weight excluding hydrogens is 188 g/mol. The number of rotatable bonds is 1. The van der Waals surface area contributed by atoms with E-state index in [0.717, 1.165) is 5.56 Å². The van der Waals surface area contributed by atoms with Crippen LogP contribution >= 0.6 is 11.6 Å². The van der Waals surface area contributed by atoms with Gasteiger partial charge in [-0.25, -0.2) is 0 Å². The maximum atomic E-state index is 9.23. The predicted octanol–water partition coefficient (Wildman–Crippen LogP) is 1.47. The number of halogens is 1. The third-order valence-electron chi connectivity index (χ3n) is 1.55. The number of alkyl halides is 1. The minimum atomic E-state index is -0.192. The molecule has 0 unspecified atom stereocenters. The van der Waals surface area contributed by atoms with Gasteiger partial charge < -0.3 is 10.2 Å². The summed E-state index contributed by atoms with van der Waals surface area (Å²) in [7, 11) is 0. The summed E-state index contributed by atoms with van der Waals surface area (Å²) in [5.74, 6) is 5.84. The van der Waals surface area contributed by atoms with Crippen LogP contribution in [0.25, 0.3) is 0 Å². The van der Waals surface area contributed by atoms with Gasteiger partial charge in [-0.3, -0.25) is 0 Å². The molecule has 2 nitrogen and oxygen atoms in total. The third kappa shape index (κ3) is 2.66. The smallest absolute Gasteiger partial charge is 0.121 e. The molecule has 0 heterocycles. The molecule has 0 aliphatic rings. The molecule has 0 aromatic heterocycles. The molecule has 13 heavy (non-hydrogen) atoms. The number of aromatic hydroxyl groups is 1. The number of hydrogen-bond donors (Lipinski definition) is 2. The van der Waals surface area contributed by atoms with Gasteiger partial charge in [0.05, 0.1) is 12.5 Å². The highest BCUT2D eigenvalue weighted by atomic mass is 35.5. The van der Waals surface area contributed by atoms with E-state index in [4.69, 9.17) is 16.7 Å². The van der Waals surface area contributed by atoms with Gasteiger partial charge in [-0.05, 0) is 18.2 Å². The van der Waals surface area contributed by atoms with Crippen molar-refractivity contribution in [2.75, 3.05) is 5.88 Å². The van der Waals surface area contributed by atoms with Crippen LogP contribution in [-0.2, 0) is 6.61 Å². The Morgan fingerprint density at radius 3 is 2.77 bits per heavy atom. The molecule has 0 radical (unpaired) electrons. The number of aliphatic hydroxyl groups is 1. The first kappa shape index (κ1) is 9.91. The van der Waals surface area contributed by atoms with Crippen molar-refractivity contribution in [3.8, 4) is 17.6 Å². The van der Waals surface area contributed by atoms with Gasteiger partial charge in [-0.1, -0.05) is 11.8 Å². The predicted molar refractivity (Wildman–Crippen MR) is 51.6 cm³/mol. The molecule has 0 spiro atoms. The molecule has 1 aromatic carbocycles. The highest BCUT2D eigenvalue weighted by Crippen LogP contribution is 2.17. The van der Waals surface area contributed by atoms with E-state index in [9.17, 15) is 5.11 Å². The lowest BCUT2D eigenvalue weighted by Crippen LogP contribution is -1.85. The molecule has 0 aliphatic heterocycles. The van der Waals surface area contributed by atoms with E-state index in [1.54, 1.807) is 12.1 Å². The van der Waals surface area contributed by atoms with Crippen molar-refractivity contribution in [3.63, 3.8) is 0 Å². The van der Waals surface area contributed by atoms with Crippen LogP contribution in [0.5, 0.6) is 5.75 Å². The summed E-state index contributed by atoms with van der Waals surface area (Å²) in [6.45, 7) is -0.192. The van der Waals surface area contributed by atoms with Crippen LogP contribution in [0.15, 0.2) is 18.2 Å². The number of phenols is 1. The molecule has 0 fully saturated rings. The van der Waals surface area contributed by atoms with Crippen molar-refractivity contribution in [3.05, 3.63) is 29.3 Å². The Morgan fingerprint density at radius 1 is 1.38 bits per heavy atom. The molecule has 2 N–H and O–H groups in total. The van der Waals surface area contributed by atoms with E-state index in [1.165, 1.54) is 6.07 Å². The summed E-state index contributed by atoms with van der Waals surface area (Å²) in [6.07, 6.45) is 0. The lowest BCUT2D eigenvalue weighted by molar-refractivity contribution is 0.275. The Balaban J connectivity index is 2.99. The second-order valence-corrected chi connectivity index (χ2v) is 2.70. The summed E-state index contributed by atoms with van der Waals surface area (Å²) in [5.41, 5.74) is 1.21. The van der Waals surface area contributed by atoms with E-state index in [-0.39, 0.29) is 18.2 Å². The second kappa shape index (κ2) is 4.76. The summed E-state index contributed by atoms with van der Waals surface area (Å²) < 4.78 is 0. The molecule has 0 bridgehead atoms. The first-order chi connectivity index (χ1) is 6.27. The highest BCUT2D eigenvalue weighted by molar-refractivity contribution is 6.19. The Morgan fingerprint density at radius 2 is 2.15 bits per heavy atom. The minimum Gasteiger partial charge on any atom is -0.508 e. The van der Waals surface area contributed by atoms with E-state index in [2.05, 4.69) is 11.8 Å². The van der Waals surface area contributed by atoms with E-state index in [0.29, 0.717) is 5.56 Å². The fourth-order valence-electron chi connectivity index (χ4n) is 0.925. The summed E-state index contributed by atoms with van der Waals surface area (Å²) in [4.78, 5) is 0. The molecule has 3 heteroatoms. The molecule has 0 saturated carbocycles. The summed E-state index contributed by atoms with van der Waals surface area (Å²) in [6, 6.07) is 4.81. The molecular formula is C10H9ClO2. The average Bonchev–Trinajstić information content (AvgIpc) is 2.16. The summed E-state index contributed by atoms with van der Waals surface area (Å²) >= 11 is 5.38. The topological polar surface area (TPSA) is 40.5 Å². The zero-order valence-corrected chi connectivity index (χ0v) is 7.67. The van der Waals surface area contributed by atoms with Crippen LogP contribution in [0.2, 0.25) is 0 Å². The van der Waals surface area contributed by atoms with Crippen molar-refractivity contribution in [1.29, 1.82) is 0 Å². The van der Waals surface area contributed by atoms with Gasteiger partial charge in [0.15, 0.2) is 0 Å². The SMILES string of the molecule is OCc1cc(C#CCCl)ccc1O. The van der Waals surface area contributed by atoms with Crippen molar-refractivity contribution >= 4 is 11.6 Å². The van der Waals surface area contributed by atoms with Crippen molar-refractivity contribution in [2.45, 2.75) is 6.61 Å². The molecule has 0 atom stereocenters. The second-order valence-electron chi connectivity index (χ2n) is 2.44.